The van der Waals surface area contributed by atoms with Crippen molar-refractivity contribution in [1.29, 1.82) is 0 Å². The Morgan fingerprint density at radius 2 is 1.94 bits per heavy atom. The summed E-state index contributed by atoms with van der Waals surface area (Å²) in [6, 6.07) is 0. The Bertz CT molecular complexity index is 227. The van der Waals surface area contributed by atoms with Crippen LogP contribution in [0.15, 0.2) is 0 Å². The standard InChI is InChI=1S/C9H15F3N2O2/c10-9(11,12)6-13-8(15)5-14-16-7-3-1-2-4-7/h7,14H,1-6H2,(H,13,15). The average Bonchev–Trinajstić information content (AvgIpc) is 2.66. The highest BCUT2D eigenvalue weighted by Gasteiger charge is 2.27. The minimum atomic E-state index is -4.37. The number of hydrogen-bond acceptors (Lipinski definition) is 3. The van der Waals surface area contributed by atoms with E-state index in [0.717, 1.165) is 25.7 Å². The quantitative estimate of drug-likeness (QED) is 0.708. The molecule has 0 aromatic heterocycles. The molecule has 0 radical (unpaired) electrons. The van der Waals surface area contributed by atoms with Crippen LogP contribution in [0.5, 0.6) is 0 Å². The van der Waals surface area contributed by atoms with Gasteiger partial charge in [0.25, 0.3) is 0 Å². The van der Waals surface area contributed by atoms with Crippen LogP contribution in [0.25, 0.3) is 0 Å². The molecule has 0 bridgehead atoms. The van der Waals surface area contributed by atoms with E-state index in [1.54, 1.807) is 5.32 Å². The monoisotopic (exact) mass is 240 g/mol. The summed E-state index contributed by atoms with van der Waals surface area (Å²) in [6.45, 7) is -1.57. The molecule has 0 atom stereocenters. The number of halogens is 3. The molecule has 1 aliphatic rings. The Hall–Kier alpha value is -0.820. The summed E-state index contributed by atoms with van der Waals surface area (Å²) in [5.41, 5.74) is 2.38. The molecule has 16 heavy (non-hydrogen) atoms. The normalized spacial score (nSPS) is 17.7. The van der Waals surface area contributed by atoms with Crippen molar-refractivity contribution in [2.45, 2.75) is 38.0 Å². The van der Waals surface area contributed by atoms with Gasteiger partial charge in [-0.1, -0.05) is 12.8 Å². The van der Waals surface area contributed by atoms with Gasteiger partial charge in [-0.2, -0.15) is 18.7 Å². The summed E-state index contributed by atoms with van der Waals surface area (Å²) < 4.78 is 35.2. The van der Waals surface area contributed by atoms with E-state index >= 15 is 0 Å². The average molecular weight is 240 g/mol. The van der Waals surface area contributed by atoms with Crippen LogP contribution in [0.3, 0.4) is 0 Å². The molecule has 0 unspecified atom stereocenters. The van der Waals surface area contributed by atoms with Gasteiger partial charge in [-0.3, -0.25) is 9.63 Å². The lowest BCUT2D eigenvalue weighted by Gasteiger charge is -2.12. The molecule has 0 aromatic rings. The van der Waals surface area contributed by atoms with Gasteiger partial charge in [-0.15, -0.1) is 0 Å². The highest BCUT2D eigenvalue weighted by atomic mass is 19.4. The first-order valence-electron chi connectivity index (χ1n) is 5.19. The first-order valence-corrected chi connectivity index (χ1v) is 5.19. The molecule has 0 aliphatic heterocycles. The minimum absolute atomic E-state index is 0.0791. The summed E-state index contributed by atoms with van der Waals surface area (Å²) >= 11 is 0. The van der Waals surface area contributed by atoms with E-state index in [0.29, 0.717) is 0 Å². The van der Waals surface area contributed by atoms with Gasteiger partial charge in [0, 0.05) is 0 Å². The lowest BCUT2D eigenvalue weighted by atomic mass is 10.3. The first kappa shape index (κ1) is 13.2. The fourth-order valence-corrected chi connectivity index (χ4v) is 1.49. The van der Waals surface area contributed by atoms with Crippen molar-refractivity contribution < 1.29 is 22.8 Å². The number of nitrogens with one attached hydrogen (secondary N) is 2. The Morgan fingerprint density at radius 1 is 1.31 bits per heavy atom. The zero-order chi connectivity index (χ0) is 12.0. The third kappa shape index (κ3) is 5.92. The van der Waals surface area contributed by atoms with Crippen LogP contribution in [0, 0.1) is 0 Å². The van der Waals surface area contributed by atoms with Crippen molar-refractivity contribution >= 4 is 5.91 Å². The molecular weight excluding hydrogens is 225 g/mol. The third-order valence-corrected chi connectivity index (χ3v) is 2.27. The summed E-state index contributed by atoms with van der Waals surface area (Å²) in [4.78, 5) is 16.0. The molecule has 1 aliphatic carbocycles. The van der Waals surface area contributed by atoms with Gasteiger partial charge in [-0.05, 0) is 12.8 Å². The molecule has 0 aromatic carbocycles. The summed E-state index contributed by atoms with van der Waals surface area (Å²) in [5, 5.41) is 1.74. The molecule has 0 heterocycles. The van der Waals surface area contributed by atoms with Crippen LogP contribution in [-0.4, -0.2) is 31.3 Å². The minimum Gasteiger partial charge on any atom is -0.346 e. The second kappa shape index (κ2) is 6.05. The van der Waals surface area contributed by atoms with Gasteiger partial charge in [0.2, 0.25) is 5.91 Å². The number of hydrogen-bond donors (Lipinski definition) is 2. The van der Waals surface area contributed by atoms with Crippen LogP contribution < -0.4 is 10.8 Å². The maximum absolute atomic E-state index is 11.7. The maximum atomic E-state index is 11.7. The van der Waals surface area contributed by atoms with Gasteiger partial charge in [-0.25, -0.2) is 0 Å². The molecule has 7 heteroatoms. The summed E-state index contributed by atoms with van der Waals surface area (Å²) in [5.74, 6) is -0.727. The van der Waals surface area contributed by atoms with E-state index in [4.69, 9.17) is 4.84 Å². The predicted molar refractivity (Wildman–Crippen MR) is 50.4 cm³/mol. The fraction of sp³-hybridized carbons (Fsp3) is 0.889. The topological polar surface area (TPSA) is 50.4 Å². The van der Waals surface area contributed by atoms with Gasteiger partial charge in [0.1, 0.15) is 6.54 Å². The van der Waals surface area contributed by atoms with Gasteiger partial charge >= 0.3 is 6.18 Å². The van der Waals surface area contributed by atoms with Crippen molar-refractivity contribution in [3.8, 4) is 0 Å². The number of alkyl halides is 3. The van der Waals surface area contributed by atoms with Crippen molar-refractivity contribution in [2.24, 2.45) is 0 Å². The van der Waals surface area contributed by atoms with E-state index in [2.05, 4.69) is 5.48 Å². The lowest BCUT2D eigenvalue weighted by molar-refractivity contribution is -0.140. The van der Waals surface area contributed by atoms with E-state index in [1.807, 2.05) is 0 Å². The Balaban J connectivity index is 2.01. The molecule has 1 saturated carbocycles. The second-order valence-electron chi connectivity index (χ2n) is 3.74. The largest absolute Gasteiger partial charge is 0.405 e. The van der Waals surface area contributed by atoms with Crippen LogP contribution in [0.4, 0.5) is 13.2 Å². The number of carbonyl (C=O) groups excluding carboxylic acids is 1. The van der Waals surface area contributed by atoms with Crippen LogP contribution in [0.1, 0.15) is 25.7 Å². The SMILES string of the molecule is O=C(CNOC1CCCC1)NCC(F)(F)F. The molecule has 0 saturated heterocycles. The van der Waals surface area contributed by atoms with Crippen molar-refractivity contribution in [3.05, 3.63) is 0 Å². The van der Waals surface area contributed by atoms with E-state index in [9.17, 15) is 18.0 Å². The first-order chi connectivity index (χ1) is 7.47. The number of carbonyl (C=O) groups is 1. The molecule has 1 amide bonds. The van der Waals surface area contributed by atoms with Gasteiger partial charge in [0.15, 0.2) is 0 Å². The third-order valence-electron chi connectivity index (χ3n) is 2.27. The Morgan fingerprint density at radius 3 is 2.50 bits per heavy atom. The molecule has 0 spiro atoms. The number of amides is 1. The molecule has 1 fully saturated rings. The molecule has 94 valence electrons. The van der Waals surface area contributed by atoms with E-state index in [-0.39, 0.29) is 12.6 Å². The van der Waals surface area contributed by atoms with Crippen LogP contribution in [-0.2, 0) is 9.63 Å². The highest BCUT2D eigenvalue weighted by molar-refractivity contribution is 5.77. The highest BCUT2D eigenvalue weighted by Crippen LogP contribution is 2.19. The summed E-state index contributed by atoms with van der Waals surface area (Å²) in [7, 11) is 0. The molecular formula is C9H15F3N2O2. The van der Waals surface area contributed by atoms with Gasteiger partial charge < -0.3 is 5.32 Å². The van der Waals surface area contributed by atoms with E-state index < -0.39 is 18.6 Å². The number of rotatable bonds is 5. The smallest absolute Gasteiger partial charge is 0.346 e. The molecule has 4 nitrogen and oxygen atoms in total. The summed E-state index contributed by atoms with van der Waals surface area (Å²) in [6.07, 6.45) is -0.259. The predicted octanol–water partition coefficient (Wildman–Crippen LogP) is 1.13. The van der Waals surface area contributed by atoms with Crippen LogP contribution in [0.2, 0.25) is 0 Å². The zero-order valence-electron chi connectivity index (χ0n) is 8.77. The fourth-order valence-electron chi connectivity index (χ4n) is 1.49. The Kier molecular flexibility index (Phi) is 5.01. The maximum Gasteiger partial charge on any atom is 0.405 e. The lowest BCUT2D eigenvalue weighted by Crippen LogP contribution is -2.40. The van der Waals surface area contributed by atoms with E-state index in [1.165, 1.54) is 0 Å². The molecule has 1 rings (SSSR count). The van der Waals surface area contributed by atoms with Crippen LogP contribution >= 0.6 is 0 Å². The van der Waals surface area contributed by atoms with Crippen molar-refractivity contribution in [1.82, 2.24) is 10.8 Å². The van der Waals surface area contributed by atoms with Crippen molar-refractivity contribution in [3.63, 3.8) is 0 Å². The van der Waals surface area contributed by atoms with Gasteiger partial charge in [0.05, 0.1) is 12.6 Å². The second-order valence-corrected chi connectivity index (χ2v) is 3.74. The molecule has 2 N–H and O–H groups in total. The van der Waals surface area contributed by atoms with Crippen molar-refractivity contribution in [2.75, 3.05) is 13.1 Å². The number of hydroxylamine groups is 1. The zero-order valence-corrected chi connectivity index (χ0v) is 8.77. The Labute approximate surface area is 91.5 Å².